The molecule has 0 unspecified atom stereocenters. The van der Waals surface area contributed by atoms with E-state index < -0.39 is 0 Å². The molecule has 0 amide bonds. The molecule has 0 aliphatic heterocycles. The molecule has 3 rings (SSSR count). The number of halogens is 1. The number of nitrogen functional groups attached to an aromatic ring is 1. The van der Waals surface area contributed by atoms with Gasteiger partial charge in [-0.25, -0.2) is 0 Å². The summed E-state index contributed by atoms with van der Waals surface area (Å²) in [5.41, 5.74) is 6.96. The predicted octanol–water partition coefficient (Wildman–Crippen LogP) is 2.83. The van der Waals surface area contributed by atoms with E-state index in [2.05, 4.69) is 33.1 Å². The Hall–Kier alpha value is -2.88. The molecule has 2 N–H and O–H groups in total. The average Bonchev–Trinajstić information content (AvgIpc) is 3.05. The van der Waals surface area contributed by atoms with Crippen molar-refractivity contribution in [2.45, 2.75) is 32.7 Å². The molecular weight excluding hydrogens is 454 g/mol. The van der Waals surface area contributed by atoms with E-state index in [0.717, 1.165) is 19.3 Å². The maximum atomic E-state index is 13.0. The highest BCUT2D eigenvalue weighted by molar-refractivity contribution is 9.10. The molecule has 0 saturated carbocycles. The number of benzene rings is 1. The number of nitrogens with two attached hydrogens (primary N) is 1. The standard InChI is InChI=1S/C20H25BrN5O4/c1-4-5-6-9-30-17-7-8-18-25(24-20(22)26(18)23-17)12-15(27)14-10-13(21)11-16(28-2)19(14)29-3/h7-8,10-11H,4-6,9,12H2,1-3H3,(H2,22,24)/q+1. The van der Waals surface area contributed by atoms with Gasteiger partial charge in [-0.05, 0) is 28.8 Å². The Bertz CT molecular complexity index is 1050. The zero-order valence-corrected chi connectivity index (χ0v) is 18.8. The Balaban J connectivity index is 1.86. The largest absolute Gasteiger partial charge is 0.493 e. The number of rotatable bonds is 10. The Morgan fingerprint density at radius 1 is 1.23 bits per heavy atom. The van der Waals surface area contributed by atoms with Crippen molar-refractivity contribution >= 4 is 33.3 Å². The first kappa shape index (κ1) is 21.8. The van der Waals surface area contributed by atoms with E-state index in [0.29, 0.717) is 39.7 Å². The van der Waals surface area contributed by atoms with Crippen LogP contribution >= 0.6 is 15.9 Å². The van der Waals surface area contributed by atoms with Crippen molar-refractivity contribution in [2.24, 2.45) is 0 Å². The molecule has 1 aromatic carbocycles. The van der Waals surface area contributed by atoms with Crippen LogP contribution in [0.25, 0.3) is 5.65 Å². The van der Waals surface area contributed by atoms with Crippen molar-refractivity contribution in [1.82, 2.24) is 14.7 Å². The number of Topliss-reactive ketones (excluding diaryl/α,β-unsaturated/α-hetero) is 1. The summed E-state index contributed by atoms with van der Waals surface area (Å²) in [6.45, 7) is 2.68. The first-order valence-electron chi connectivity index (χ1n) is 9.61. The topological polar surface area (TPSA) is 105 Å². The molecule has 0 atom stereocenters. The Kier molecular flexibility index (Phi) is 7.09. The van der Waals surface area contributed by atoms with E-state index >= 15 is 0 Å². The van der Waals surface area contributed by atoms with Crippen LogP contribution < -0.4 is 24.6 Å². The van der Waals surface area contributed by atoms with E-state index in [-0.39, 0.29) is 18.3 Å². The van der Waals surface area contributed by atoms with Crippen molar-refractivity contribution in [3.8, 4) is 17.4 Å². The number of hydrogen-bond acceptors (Lipinski definition) is 7. The first-order valence-corrected chi connectivity index (χ1v) is 10.4. The van der Waals surface area contributed by atoms with Crippen LogP contribution in [0, 0.1) is 0 Å². The molecule has 2 aromatic heterocycles. The number of unbranched alkanes of at least 4 members (excludes halogenated alkanes) is 2. The SMILES string of the molecule is CCCCCOc1ccc2n(n1)c(N)n[n+]2CC(=O)c1cc(Br)cc(OC)c1OC. The van der Waals surface area contributed by atoms with Crippen LogP contribution in [0.15, 0.2) is 28.7 Å². The fourth-order valence-electron chi connectivity index (χ4n) is 3.06. The molecule has 0 aliphatic rings. The van der Waals surface area contributed by atoms with Crippen molar-refractivity contribution < 1.29 is 23.7 Å². The molecule has 0 saturated heterocycles. The van der Waals surface area contributed by atoms with Crippen molar-refractivity contribution in [1.29, 1.82) is 0 Å². The van der Waals surface area contributed by atoms with Crippen molar-refractivity contribution in [3.05, 3.63) is 34.3 Å². The van der Waals surface area contributed by atoms with Gasteiger partial charge in [-0.1, -0.05) is 40.2 Å². The number of nitrogens with zero attached hydrogens (tertiary/aromatic N) is 4. The van der Waals surface area contributed by atoms with Gasteiger partial charge in [0.15, 0.2) is 18.0 Å². The van der Waals surface area contributed by atoms with Gasteiger partial charge in [-0.3, -0.25) is 4.79 Å². The summed E-state index contributed by atoms with van der Waals surface area (Å²) in [6.07, 6.45) is 3.18. The Morgan fingerprint density at radius 3 is 2.73 bits per heavy atom. The third-order valence-electron chi connectivity index (χ3n) is 4.53. The smallest absolute Gasteiger partial charge is 0.355 e. The zero-order chi connectivity index (χ0) is 21.7. The molecule has 0 spiro atoms. The average molecular weight is 479 g/mol. The number of aromatic nitrogens is 4. The lowest BCUT2D eigenvalue weighted by atomic mass is 10.1. The molecule has 160 valence electrons. The quantitative estimate of drug-likeness (QED) is 0.271. The van der Waals surface area contributed by atoms with E-state index in [1.54, 1.807) is 24.3 Å². The number of methoxy groups -OCH3 is 2. The van der Waals surface area contributed by atoms with E-state index in [1.165, 1.54) is 23.4 Å². The third kappa shape index (κ3) is 4.64. The second-order valence-corrected chi connectivity index (χ2v) is 7.54. The van der Waals surface area contributed by atoms with Crippen LogP contribution in [0.1, 0.15) is 36.5 Å². The van der Waals surface area contributed by atoms with Gasteiger partial charge in [0.1, 0.15) is 0 Å². The van der Waals surface area contributed by atoms with Gasteiger partial charge in [0, 0.05) is 16.6 Å². The number of ketones is 1. The molecule has 0 aliphatic carbocycles. The minimum Gasteiger partial charge on any atom is -0.493 e. The molecule has 3 aromatic rings. The number of ether oxygens (including phenoxy) is 3. The fraction of sp³-hybridized carbons (Fsp3) is 0.400. The number of fused-ring (bicyclic) bond motifs is 1. The van der Waals surface area contributed by atoms with E-state index in [1.807, 2.05) is 0 Å². The van der Waals surface area contributed by atoms with E-state index in [4.69, 9.17) is 19.9 Å². The fourth-order valence-corrected chi connectivity index (χ4v) is 3.50. The highest BCUT2D eigenvalue weighted by atomic mass is 79.9. The van der Waals surface area contributed by atoms with Crippen LogP contribution in [0.4, 0.5) is 5.95 Å². The van der Waals surface area contributed by atoms with Crippen LogP contribution in [-0.4, -0.2) is 41.3 Å². The van der Waals surface area contributed by atoms with Crippen LogP contribution in [0.2, 0.25) is 0 Å². The number of anilines is 1. The van der Waals surface area contributed by atoms with Gasteiger partial charge in [0.05, 0.1) is 26.4 Å². The van der Waals surface area contributed by atoms with Gasteiger partial charge in [-0.15, -0.1) is 4.68 Å². The second-order valence-electron chi connectivity index (χ2n) is 6.63. The van der Waals surface area contributed by atoms with Gasteiger partial charge in [0.25, 0.3) is 5.88 Å². The van der Waals surface area contributed by atoms with Crippen molar-refractivity contribution in [2.75, 3.05) is 26.6 Å². The summed E-state index contributed by atoms with van der Waals surface area (Å²) < 4.78 is 20.0. The van der Waals surface area contributed by atoms with Gasteiger partial charge in [-0.2, -0.15) is 0 Å². The highest BCUT2D eigenvalue weighted by Crippen LogP contribution is 2.34. The summed E-state index contributed by atoms with van der Waals surface area (Å²) in [4.78, 5) is 13.0. The Morgan fingerprint density at radius 2 is 2.03 bits per heavy atom. The first-order chi connectivity index (χ1) is 14.5. The Labute approximate surface area is 182 Å². The maximum absolute atomic E-state index is 13.0. The lowest BCUT2D eigenvalue weighted by Crippen LogP contribution is -2.40. The zero-order valence-electron chi connectivity index (χ0n) is 17.2. The number of carbonyl (C=O) groups excluding carboxylic acids is 1. The molecule has 9 nitrogen and oxygen atoms in total. The number of carbonyl (C=O) groups is 1. The molecule has 30 heavy (non-hydrogen) atoms. The third-order valence-corrected chi connectivity index (χ3v) is 4.99. The number of hydrogen-bond donors (Lipinski definition) is 1. The van der Waals surface area contributed by atoms with Gasteiger partial charge in [0.2, 0.25) is 5.78 Å². The molecule has 2 heterocycles. The lowest BCUT2D eigenvalue weighted by molar-refractivity contribution is -0.714. The second kappa shape index (κ2) is 9.75. The molecule has 0 radical (unpaired) electrons. The van der Waals surface area contributed by atoms with Gasteiger partial charge < -0.3 is 19.9 Å². The summed E-state index contributed by atoms with van der Waals surface area (Å²) in [5.74, 6) is 1.23. The maximum Gasteiger partial charge on any atom is 0.355 e. The highest BCUT2D eigenvalue weighted by Gasteiger charge is 2.25. The lowest BCUT2D eigenvalue weighted by Gasteiger charge is -2.12. The predicted molar refractivity (Wildman–Crippen MR) is 114 cm³/mol. The molecule has 0 fully saturated rings. The van der Waals surface area contributed by atoms with Crippen LogP contribution in [0.5, 0.6) is 17.4 Å². The monoisotopic (exact) mass is 478 g/mol. The van der Waals surface area contributed by atoms with Crippen LogP contribution in [-0.2, 0) is 6.54 Å². The summed E-state index contributed by atoms with van der Waals surface area (Å²) >= 11 is 3.39. The summed E-state index contributed by atoms with van der Waals surface area (Å²) in [7, 11) is 3.01. The molecule has 10 heteroatoms. The molecular formula is C20H25BrN5O4+. The minimum atomic E-state index is -0.212. The normalized spacial score (nSPS) is 10.9. The van der Waals surface area contributed by atoms with Crippen molar-refractivity contribution in [3.63, 3.8) is 0 Å². The van der Waals surface area contributed by atoms with E-state index in [9.17, 15) is 4.79 Å². The minimum absolute atomic E-state index is 0.0466. The molecule has 0 bridgehead atoms. The van der Waals surface area contributed by atoms with Crippen LogP contribution in [0.3, 0.4) is 0 Å². The summed E-state index contributed by atoms with van der Waals surface area (Å²) in [6, 6.07) is 6.94. The summed E-state index contributed by atoms with van der Waals surface area (Å²) in [5, 5.41) is 8.63. The van der Waals surface area contributed by atoms with Gasteiger partial charge >= 0.3 is 11.6 Å².